The van der Waals surface area contributed by atoms with Crippen molar-refractivity contribution in [1.29, 1.82) is 0 Å². The fourth-order valence-electron chi connectivity index (χ4n) is 3.70. The monoisotopic (exact) mass is 482 g/mol. The van der Waals surface area contributed by atoms with Crippen molar-refractivity contribution >= 4 is 43.9 Å². The van der Waals surface area contributed by atoms with E-state index >= 15 is 0 Å². The highest BCUT2D eigenvalue weighted by atomic mass is 35.5. The fourth-order valence-corrected chi connectivity index (χ4v) is 5.45. The lowest BCUT2D eigenvalue weighted by atomic mass is 10.2. The number of halogens is 1. The number of para-hydroxylation sites is 1. The average Bonchev–Trinajstić information content (AvgIpc) is 3.15. The molecule has 0 saturated carbocycles. The smallest absolute Gasteiger partial charge is 0.244 e. The molecule has 4 aromatic rings. The Morgan fingerprint density at radius 2 is 1.79 bits per heavy atom. The first-order chi connectivity index (χ1) is 15.8. The Morgan fingerprint density at radius 1 is 1.06 bits per heavy atom. The van der Waals surface area contributed by atoms with E-state index in [-0.39, 0.29) is 23.1 Å². The number of aromatic nitrogens is 1. The van der Waals surface area contributed by atoms with Crippen LogP contribution in [0.1, 0.15) is 11.1 Å². The van der Waals surface area contributed by atoms with Gasteiger partial charge in [0.25, 0.3) is 0 Å². The molecule has 6 nitrogen and oxygen atoms in total. The predicted octanol–water partition coefficient (Wildman–Crippen LogP) is 5.22. The zero-order valence-corrected chi connectivity index (χ0v) is 19.8. The standard InChI is InChI=1S/C25H23ClN2O4S/c1-17-7-9-18(10-8-17)16-33(30,31)24-14-28(22-6-4-3-5-20(22)24)15-25(29)27-21-13-19(26)11-12-23(21)32-2/h3-14H,15-16H2,1-2H3,(H,27,29). The maximum atomic E-state index is 13.3. The molecule has 0 spiro atoms. The van der Waals surface area contributed by atoms with E-state index in [2.05, 4.69) is 5.32 Å². The normalized spacial score (nSPS) is 11.5. The molecule has 1 amide bonds. The van der Waals surface area contributed by atoms with Gasteiger partial charge in [-0.2, -0.15) is 0 Å². The van der Waals surface area contributed by atoms with Crippen molar-refractivity contribution in [2.45, 2.75) is 24.1 Å². The summed E-state index contributed by atoms with van der Waals surface area (Å²) in [5.74, 6) is 0.0259. The summed E-state index contributed by atoms with van der Waals surface area (Å²) < 4.78 is 33.5. The SMILES string of the molecule is COc1ccc(Cl)cc1NC(=O)Cn1cc(S(=O)(=O)Cc2ccc(C)cc2)c2ccccc21. The summed E-state index contributed by atoms with van der Waals surface area (Å²) in [5.41, 5.74) is 2.88. The maximum Gasteiger partial charge on any atom is 0.244 e. The zero-order valence-electron chi connectivity index (χ0n) is 18.2. The average molecular weight is 483 g/mol. The molecule has 0 bridgehead atoms. The van der Waals surface area contributed by atoms with Crippen LogP contribution in [0.4, 0.5) is 5.69 Å². The highest BCUT2D eigenvalue weighted by molar-refractivity contribution is 7.90. The topological polar surface area (TPSA) is 77.4 Å². The number of benzene rings is 3. The van der Waals surface area contributed by atoms with E-state index in [0.29, 0.717) is 32.9 Å². The molecular weight excluding hydrogens is 460 g/mol. The van der Waals surface area contributed by atoms with E-state index in [1.807, 2.05) is 37.3 Å². The molecule has 8 heteroatoms. The Balaban J connectivity index is 1.64. The number of fused-ring (bicyclic) bond motifs is 1. The summed E-state index contributed by atoms with van der Waals surface area (Å²) in [6.07, 6.45) is 1.53. The summed E-state index contributed by atoms with van der Waals surface area (Å²) in [5, 5.41) is 3.83. The maximum absolute atomic E-state index is 13.3. The third-order valence-electron chi connectivity index (χ3n) is 5.31. The molecule has 0 fully saturated rings. The molecule has 1 aromatic heterocycles. The molecule has 0 aliphatic rings. The second kappa shape index (κ2) is 9.29. The van der Waals surface area contributed by atoms with Crippen molar-refractivity contribution in [1.82, 2.24) is 4.57 Å². The Morgan fingerprint density at radius 3 is 2.52 bits per heavy atom. The van der Waals surface area contributed by atoms with Crippen molar-refractivity contribution in [3.05, 3.63) is 89.1 Å². The van der Waals surface area contributed by atoms with Gasteiger partial charge in [-0.25, -0.2) is 8.42 Å². The number of hydrogen-bond donors (Lipinski definition) is 1. The summed E-state index contributed by atoms with van der Waals surface area (Å²) in [6.45, 7) is 1.88. The van der Waals surface area contributed by atoms with Crippen LogP contribution in [0.2, 0.25) is 5.02 Å². The lowest BCUT2D eigenvalue weighted by Gasteiger charge is -2.11. The Kier molecular flexibility index (Phi) is 6.44. The van der Waals surface area contributed by atoms with Crippen molar-refractivity contribution < 1.29 is 17.9 Å². The van der Waals surface area contributed by atoms with E-state index in [4.69, 9.17) is 16.3 Å². The molecule has 1 N–H and O–H groups in total. The number of aryl methyl sites for hydroxylation is 1. The molecule has 1 heterocycles. The molecule has 0 atom stereocenters. The van der Waals surface area contributed by atoms with Crippen molar-refractivity contribution in [2.75, 3.05) is 12.4 Å². The van der Waals surface area contributed by atoms with Crippen LogP contribution in [0, 0.1) is 6.92 Å². The van der Waals surface area contributed by atoms with Gasteiger partial charge in [-0.1, -0.05) is 59.6 Å². The predicted molar refractivity (Wildman–Crippen MR) is 131 cm³/mol. The first-order valence-electron chi connectivity index (χ1n) is 10.3. The molecule has 0 unspecified atom stereocenters. The largest absolute Gasteiger partial charge is 0.495 e. The van der Waals surface area contributed by atoms with Crippen LogP contribution in [0.3, 0.4) is 0 Å². The lowest BCUT2D eigenvalue weighted by molar-refractivity contribution is -0.116. The van der Waals surface area contributed by atoms with Gasteiger partial charge in [-0.05, 0) is 36.8 Å². The van der Waals surface area contributed by atoms with Crippen LogP contribution in [-0.2, 0) is 26.9 Å². The summed E-state index contributed by atoms with van der Waals surface area (Å²) in [4.78, 5) is 13.0. The molecule has 0 saturated heterocycles. The molecule has 0 aliphatic carbocycles. The number of carbonyl (C=O) groups is 1. The van der Waals surface area contributed by atoms with Crippen LogP contribution in [0.5, 0.6) is 5.75 Å². The minimum atomic E-state index is -3.63. The summed E-state index contributed by atoms with van der Waals surface area (Å²) >= 11 is 6.05. The van der Waals surface area contributed by atoms with Crippen LogP contribution in [0.25, 0.3) is 10.9 Å². The van der Waals surface area contributed by atoms with E-state index in [1.165, 1.54) is 13.3 Å². The third-order valence-corrected chi connectivity index (χ3v) is 7.26. The Bertz CT molecular complexity index is 1430. The molecular formula is C25H23ClN2O4S. The Labute approximate surface area is 197 Å². The molecule has 170 valence electrons. The minimum Gasteiger partial charge on any atom is -0.495 e. The van der Waals surface area contributed by atoms with Gasteiger partial charge < -0.3 is 14.6 Å². The fraction of sp³-hybridized carbons (Fsp3) is 0.160. The van der Waals surface area contributed by atoms with Crippen molar-refractivity contribution in [3.8, 4) is 5.75 Å². The first-order valence-corrected chi connectivity index (χ1v) is 12.3. The van der Waals surface area contributed by atoms with Gasteiger partial charge in [0, 0.05) is 22.1 Å². The minimum absolute atomic E-state index is 0.0732. The second-order valence-corrected chi connectivity index (χ2v) is 10.2. The Hall–Kier alpha value is -3.29. The molecule has 4 rings (SSSR count). The number of methoxy groups -OCH3 is 1. The summed E-state index contributed by atoms with van der Waals surface area (Å²) in [6, 6.07) is 19.5. The highest BCUT2D eigenvalue weighted by Crippen LogP contribution is 2.30. The van der Waals surface area contributed by atoms with Crippen LogP contribution >= 0.6 is 11.6 Å². The number of sulfone groups is 1. The van der Waals surface area contributed by atoms with Crippen LogP contribution in [0.15, 0.2) is 77.8 Å². The third kappa shape index (κ3) is 5.05. The van der Waals surface area contributed by atoms with E-state index in [9.17, 15) is 13.2 Å². The summed E-state index contributed by atoms with van der Waals surface area (Å²) in [7, 11) is -2.13. The number of rotatable bonds is 7. The van der Waals surface area contributed by atoms with Gasteiger partial charge in [-0.3, -0.25) is 4.79 Å². The van der Waals surface area contributed by atoms with Crippen molar-refractivity contribution in [3.63, 3.8) is 0 Å². The van der Waals surface area contributed by atoms with Gasteiger partial charge in [0.05, 0.1) is 23.4 Å². The quantitative estimate of drug-likeness (QED) is 0.391. The molecule has 0 aliphatic heterocycles. The van der Waals surface area contributed by atoms with E-state index in [0.717, 1.165) is 5.56 Å². The number of nitrogens with one attached hydrogen (secondary N) is 1. The van der Waals surface area contributed by atoms with Gasteiger partial charge in [0.15, 0.2) is 9.84 Å². The van der Waals surface area contributed by atoms with Gasteiger partial charge in [0.1, 0.15) is 12.3 Å². The number of anilines is 1. The second-order valence-electron chi connectivity index (χ2n) is 7.78. The van der Waals surface area contributed by atoms with E-state index < -0.39 is 9.84 Å². The number of carbonyl (C=O) groups excluding carboxylic acids is 1. The number of ether oxygens (including phenoxy) is 1. The van der Waals surface area contributed by atoms with E-state index in [1.54, 1.807) is 41.0 Å². The van der Waals surface area contributed by atoms with Gasteiger partial charge >= 0.3 is 0 Å². The molecule has 3 aromatic carbocycles. The number of nitrogens with zero attached hydrogens (tertiary/aromatic N) is 1. The highest BCUT2D eigenvalue weighted by Gasteiger charge is 2.22. The molecule has 33 heavy (non-hydrogen) atoms. The zero-order chi connectivity index (χ0) is 23.6. The van der Waals surface area contributed by atoms with Gasteiger partial charge in [0.2, 0.25) is 5.91 Å². The van der Waals surface area contributed by atoms with Crippen molar-refractivity contribution in [2.24, 2.45) is 0 Å². The number of amides is 1. The van der Waals surface area contributed by atoms with Crippen LogP contribution < -0.4 is 10.1 Å². The number of hydrogen-bond acceptors (Lipinski definition) is 4. The molecule has 0 radical (unpaired) electrons. The van der Waals surface area contributed by atoms with Crippen LogP contribution in [-0.4, -0.2) is 26.0 Å². The lowest BCUT2D eigenvalue weighted by Crippen LogP contribution is -2.18. The first kappa shape index (κ1) is 22.9. The van der Waals surface area contributed by atoms with Gasteiger partial charge in [-0.15, -0.1) is 0 Å².